The van der Waals surface area contributed by atoms with Crippen LogP contribution in [0, 0.1) is 19.8 Å². The molecule has 4 aromatic rings. The van der Waals surface area contributed by atoms with Gasteiger partial charge in [-0.1, -0.05) is 6.07 Å². The van der Waals surface area contributed by atoms with E-state index in [0.29, 0.717) is 41.9 Å². The Morgan fingerprint density at radius 1 is 1.00 bits per heavy atom. The van der Waals surface area contributed by atoms with Crippen LogP contribution in [0.15, 0.2) is 48.5 Å². The van der Waals surface area contributed by atoms with Crippen LogP contribution in [0.25, 0.3) is 16.9 Å². The normalized spacial score (nSPS) is 12.9. The quantitative estimate of drug-likeness (QED) is 0.471. The molecule has 0 atom stereocenters. The summed E-state index contributed by atoms with van der Waals surface area (Å²) in [5, 5.41) is 13.3. The van der Waals surface area contributed by atoms with Crippen LogP contribution in [-0.2, 0) is 0 Å². The van der Waals surface area contributed by atoms with Crippen LogP contribution >= 0.6 is 0 Å². The van der Waals surface area contributed by atoms with E-state index in [-0.39, 0.29) is 5.75 Å². The third-order valence-corrected chi connectivity index (χ3v) is 5.16. The largest absolute Gasteiger partial charge is 0.508 e. The van der Waals surface area contributed by atoms with E-state index in [1.165, 1.54) is 10.5 Å². The lowest BCUT2D eigenvalue weighted by Crippen LogP contribution is -2.15. The summed E-state index contributed by atoms with van der Waals surface area (Å²) in [6.07, 6.45) is 0. The predicted molar refractivity (Wildman–Crippen MR) is 112 cm³/mol. The van der Waals surface area contributed by atoms with Crippen LogP contribution in [0.1, 0.15) is 11.1 Å². The number of hydrogen-bond donors (Lipinski definition) is 2. The number of nitrogens with one attached hydrogen (secondary N) is 1. The van der Waals surface area contributed by atoms with Gasteiger partial charge in [0.15, 0.2) is 11.5 Å². The van der Waals surface area contributed by atoms with E-state index in [0.717, 1.165) is 22.4 Å². The van der Waals surface area contributed by atoms with Gasteiger partial charge in [-0.15, -0.1) is 0 Å². The molecule has 1 aliphatic heterocycles. The molecule has 0 bridgehead atoms. The Kier molecular flexibility index (Phi) is 4.24. The minimum Gasteiger partial charge on any atom is -0.508 e. The summed E-state index contributed by atoms with van der Waals surface area (Å²) in [6.45, 7) is 4.80. The molecule has 0 aliphatic carbocycles. The van der Waals surface area contributed by atoms with Crippen molar-refractivity contribution in [2.45, 2.75) is 13.8 Å². The first kappa shape index (κ1) is 18.3. The number of anilines is 2. The highest BCUT2D eigenvalue weighted by atomic mass is 19.1. The summed E-state index contributed by atoms with van der Waals surface area (Å²) >= 11 is 0. The number of phenols is 1. The summed E-state index contributed by atoms with van der Waals surface area (Å²) in [5.41, 5.74) is 4.35. The first-order chi connectivity index (χ1) is 14.5. The van der Waals surface area contributed by atoms with Crippen LogP contribution in [-0.4, -0.2) is 27.7 Å². The van der Waals surface area contributed by atoms with Gasteiger partial charge in [0.25, 0.3) is 0 Å². The molecule has 0 amide bonds. The predicted octanol–water partition coefficient (Wildman–Crippen LogP) is 4.98. The summed E-state index contributed by atoms with van der Waals surface area (Å²) in [6, 6.07) is 13.6. The van der Waals surface area contributed by atoms with Gasteiger partial charge in [-0.25, -0.2) is 4.98 Å². The molecule has 0 fully saturated rings. The van der Waals surface area contributed by atoms with Crippen molar-refractivity contribution in [1.29, 1.82) is 0 Å². The van der Waals surface area contributed by atoms with Gasteiger partial charge < -0.3 is 19.9 Å². The smallest absolute Gasteiger partial charge is 0.201 e. The van der Waals surface area contributed by atoms with Gasteiger partial charge in [0.05, 0.1) is 0 Å². The zero-order chi connectivity index (χ0) is 20.8. The second kappa shape index (κ2) is 6.95. The fraction of sp³-hybridized carbons (Fsp3) is 0.174. The maximum Gasteiger partial charge on any atom is 0.201 e. The molecule has 2 aromatic heterocycles. The van der Waals surface area contributed by atoms with Crippen LogP contribution in [0.4, 0.5) is 15.9 Å². The third-order valence-electron chi connectivity index (χ3n) is 5.16. The molecule has 0 saturated heterocycles. The van der Waals surface area contributed by atoms with Gasteiger partial charge in [0, 0.05) is 17.3 Å². The summed E-state index contributed by atoms with van der Waals surface area (Å²) in [4.78, 5) is 4.70. The van der Waals surface area contributed by atoms with E-state index >= 15 is 0 Å². The van der Waals surface area contributed by atoms with Crippen molar-refractivity contribution >= 4 is 17.2 Å². The lowest BCUT2D eigenvalue weighted by Gasteiger charge is -2.19. The summed E-state index contributed by atoms with van der Waals surface area (Å²) in [5.74, 6) is 1.57. The van der Waals surface area contributed by atoms with E-state index in [2.05, 4.69) is 5.32 Å². The van der Waals surface area contributed by atoms with E-state index in [4.69, 9.17) is 14.5 Å². The van der Waals surface area contributed by atoms with Crippen LogP contribution in [0.3, 0.4) is 0 Å². The second-order valence-corrected chi connectivity index (χ2v) is 7.29. The molecule has 2 N–H and O–H groups in total. The molecule has 0 saturated carbocycles. The van der Waals surface area contributed by atoms with Crippen LogP contribution < -0.4 is 14.8 Å². The highest BCUT2D eigenvalue weighted by Crippen LogP contribution is 2.39. The van der Waals surface area contributed by atoms with Crippen molar-refractivity contribution < 1.29 is 19.0 Å². The van der Waals surface area contributed by atoms with Crippen LogP contribution in [0.5, 0.6) is 17.2 Å². The van der Waals surface area contributed by atoms with Crippen molar-refractivity contribution in [2.75, 3.05) is 18.5 Å². The first-order valence-corrected chi connectivity index (χ1v) is 9.65. The van der Waals surface area contributed by atoms with Crippen molar-refractivity contribution in [2.24, 2.45) is 0 Å². The molecule has 3 heterocycles. The minimum absolute atomic E-state index is 0.185. The number of fused-ring (bicyclic) bond motifs is 2. The molecule has 2 aromatic carbocycles. The Bertz CT molecular complexity index is 1260. The van der Waals surface area contributed by atoms with Crippen molar-refractivity contribution in [3.8, 4) is 28.5 Å². The topological polar surface area (TPSA) is 68.0 Å². The number of ether oxygens (including phenoxy) is 2. The van der Waals surface area contributed by atoms with Gasteiger partial charge >= 0.3 is 0 Å². The number of aryl methyl sites for hydroxylation is 2. The zero-order valence-electron chi connectivity index (χ0n) is 16.6. The lowest BCUT2D eigenvalue weighted by molar-refractivity contribution is 0.171. The van der Waals surface area contributed by atoms with E-state index in [9.17, 15) is 9.50 Å². The van der Waals surface area contributed by atoms with Gasteiger partial charge in [0.2, 0.25) is 5.95 Å². The van der Waals surface area contributed by atoms with E-state index < -0.39 is 5.95 Å². The molecule has 0 spiro atoms. The monoisotopic (exact) mass is 405 g/mol. The molecule has 5 rings (SSSR count). The fourth-order valence-corrected chi connectivity index (χ4v) is 3.92. The number of rotatable bonds is 3. The minimum atomic E-state index is -0.430. The van der Waals surface area contributed by atoms with E-state index in [1.807, 2.05) is 32.0 Å². The third kappa shape index (κ3) is 2.99. The average Bonchev–Trinajstić information content (AvgIpc) is 3.06. The molecule has 0 unspecified atom stereocenters. The Labute approximate surface area is 172 Å². The number of imidazole rings is 1. The Morgan fingerprint density at radius 3 is 2.50 bits per heavy atom. The van der Waals surface area contributed by atoms with Crippen LogP contribution in [0.2, 0.25) is 0 Å². The number of aromatic hydroxyl groups is 1. The molecule has 1 aliphatic rings. The highest BCUT2D eigenvalue weighted by molar-refractivity contribution is 5.83. The molecule has 7 heteroatoms. The molecule has 152 valence electrons. The fourth-order valence-electron chi connectivity index (χ4n) is 3.92. The molecule has 0 radical (unpaired) electrons. The number of halogens is 1. The highest BCUT2D eigenvalue weighted by Gasteiger charge is 2.21. The second-order valence-electron chi connectivity index (χ2n) is 7.29. The molecule has 6 nitrogen and oxygen atoms in total. The standard InChI is InChI=1S/C23H20FN3O3/c1-13-10-16(28)11-14(2)21(13)22-23(27-19(24)4-3-5-20(27)26-22)25-15-6-7-17-18(12-15)30-9-8-29-17/h3-7,10-12,25,28H,8-9H2,1-2H3. The molecular weight excluding hydrogens is 385 g/mol. The number of nitrogens with zero attached hydrogens (tertiary/aromatic N) is 2. The van der Waals surface area contributed by atoms with Gasteiger partial charge in [-0.2, -0.15) is 4.39 Å². The van der Waals surface area contributed by atoms with E-state index in [1.54, 1.807) is 24.3 Å². The molecule has 30 heavy (non-hydrogen) atoms. The Balaban J connectivity index is 1.70. The molecular formula is C23H20FN3O3. The lowest BCUT2D eigenvalue weighted by atomic mass is 9.99. The van der Waals surface area contributed by atoms with Crippen molar-refractivity contribution in [3.05, 3.63) is 65.6 Å². The van der Waals surface area contributed by atoms with Gasteiger partial charge in [0.1, 0.15) is 36.1 Å². The van der Waals surface area contributed by atoms with Crippen molar-refractivity contribution in [1.82, 2.24) is 9.38 Å². The Morgan fingerprint density at radius 2 is 1.73 bits per heavy atom. The average molecular weight is 405 g/mol. The van der Waals surface area contributed by atoms with Gasteiger partial charge in [-0.3, -0.25) is 4.40 Å². The maximum absolute atomic E-state index is 14.8. The van der Waals surface area contributed by atoms with Gasteiger partial charge in [-0.05, 0) is 61.4 Å². The zero-order valence-corrected chi connectivity index (χ0v) is 16.6. The number of aromatic nitrogens is 2. The maximum atomic E-state index is 14.8. The number of benzene rings is 2. The number of hydrogen-bond acceptors (Lipinski definition) is 5. The SMILES string of the molecule is Cc1cc(O)cc(C)c1-c1nc2cccc(F)n2c1Nc1ccc2c(c1)OCCO2. The summed E-state index contributed by atoms with van der Waals surface area (Å²) < 4.78 is 27.5. The Hall–Kier alpha value is -3.74. The first-order valence-electron chi connectivity index (χ1n) is 9.65. The summed E-state index contributed by atoms with van der Waals surface area (Å²) in [7, 11) is 0. The number of pyridine rings is 1. The number of phenolic OH excluding ortho intramolecular Hbond substituents is 1. The van der Waals surface area contributed by atoms with Crippen molar-refractivity contribution in [3.63, 3.8) is 0 Å².